The summed E-state index contributed by atoms with van der Waals surface area (Å²) in [5, 5.41) is 10.9. The maximum Gasteiger partial charge on any atom is 0.389 e. The average Bonchev–Trinajstić information content (AvgIpc) is 2.72. The minimum Gasteiger partial charge on any atom is -0.479 e. The number of aliphatic carboxylic acids is 1. The number of amides is 1. The van der Waals surface area contributed by atoms with Gasteiger partial charge in [-0.25, -0.2) is 4.79 Å². The van der Waals surface area contributed by atoms with E-state index in [2.05, 4.69) is 5.32 Å². The fourth-order valence-electron chi connectivity index (χ4n) is 1.63. The maximum absolute atomic E-state index is 11.8. The van der Waals surface area contributed by atoms with E-state index in [-0.39, 0.29) is 25.8 Å². The van der Waals surface area contributed by atoms with E-state index in [4.69, 9.17) is 9.84 Å². The fourth-order valence-corrected chi connectivity index (χ4v) is 1.63. The largest absolute Gasteiger partial charge is 0.479 e. The normalized spacial score (nSPS) is 23.9. The first-order valence-corrected chi connectivity index (χ1v) is 5.52. The average molecular weight is 269 g/mol. The zero-order valence-electron chi connectivity index (χ0n) is 9.50. The van der Waals surface area contributed by atoms with Crippen molar-refractivity contribution in [1.29, 1.82) is 0 Å². The lowest BCUT2D eigenvalue weighted by molar-refractivity contribution is -0.152. The zero-order valence-corrected chi connectivity index (χ0v) is 9.50. The van der Waals surface area contributed by atoms with Gasteiger partial charge >= 0.3 is 12.1 Å². The molecule has 0 bridgehead atoms. The molecule has 8 heteroatoms. The van der Waals surface area contributed by atoms with Crippen LogP contribution in [0.5, 0.6) is 0 Å². The van der Waals surface area contributed by atoms with Crippen molar-refractivity contribution in [1.82, 2.24) is 5.32 Å². The Kier molecular flexibility index (Phi) is 4.94. The van der Waals surface area contributed by atoms with Gasteiger partial charge in [-0.2, -0.15) is 13.2 Å². The summed E-state index contributed by atoms with van der Waals surface area (Å²) in [6, 6.07) is 0. The number of carboxylic acids is 1. The van der Waals surface area contributed by atoms with Crippen LogP contribution in [-0.4, -0.2) is 41.9 Å². The summed E-state index contributed by atoms with van der Waals surface area (Å²) < 4.78 is 40.4. The number of rotatable bonds is 5. The van der Waals surface area contributed by atoms with Crippen molar-refractivity contribution in [3.63, 3.8) is 0 Å². The van der Waals surface area contributed by atoms with Gasteiger partial charge in [0.05, 0.1) is 0 Å². The lowest BCUT2D eigenvalue weighted by Crippen LogP contribution is -2.36. The van der Waals surface area contributed by atoms with Crippen molar-refractivity contribution in [2.45, 2.75) is 44.1 Å². The molecule has 0 saturated carbocycles. The van der Waals surface area contributed by atoms with Crippen molar-refractivity contribution < 1.29 is 32.6 Å². The summed E-state index contributed by atoms with van der Waals surface area (Å²) in [5.41, 5.74) is 0. The predicted octanol–water partition coefficient (Wildman–Crippen LogP) is 1.08. The summed E-state index contributed by atoms with van der Waals surface area (Å²) in [5.74, 6) is -1.69. The first kappa shape index (κ1) is 14.7. The van der Waals surface area contributed by atoms with E-state index in [0.717, 1.165) is 0 Å². The first-order valence-electron chi connectivity index (χ1n) is 5.52. The molecule has 0 unspecified atom stereocenters. The predicted molar refractivity (Wildman–Crippen MR) is 53.8 cm³/mol. The number of halogens is 3. The summed E-state index contributed by atoms with van der Waals surface area (Å²) in [7, 11) is 0. The summed E-state index contributed by atoms with van der Waals surface area (Å²) >= 11 is 0. The molecule has 1 amide bonds. The van der Waals surface area contributed by atoms with Crippen LogP contribution in [0.25, 0.3) is 0 Å². The third kappa shape index (κ3) is 4.91. The van der Waals surface area contributed by atoms with Crippen LogP contribution >= 0.6 is 0 Å². The Balaban J connectivity index is 2.20. The SMILES string of the molecule is O=C(O)[C@H]1CC[C@H](C(=O)NCCCC(F)(F)F)O1. The molecular weight excluding hydrogens is 255 g/mol. The van der Waals surface area contributed by atoms with Gasteiger partial charge in [-0.1, -0.05) is 0 Å². The quantitative estimate of drug-likeness (QED) is 0.732. The molecule has 1 heterocycles. The van der Waals surface area contributed by atoms with Gasteiger partial charge in [-0.15, -0.1) is 0 Å². The molecule has 18 heavy (non-hydrogen) atoms. The standard InChI is InChI=1S/C10H14F3NO4/c11-10(12,13)4-1-5-14-8(15)6-2-3-7(18-6)9(16)17/h6-7H,1-5H2,(H,14,15)(H,16,17)/t6-,7-/m1/s1. The Hall–Kier alpha value is -1.31. The summed E-state index contributed by atoms with van der Waals surface area (Å²) in [4.78, 5) is 22.0. The van der Waals surface area contributed by atoms with Gasteiger partial charge < -0.3 is 15.2 Å². The number of carboxylic acid groups (broad SMARTS) is 1. The molecule has 1 saturated heterocycles. The number of alkyl halides is 3. The Morgan fingerprint density at radius 1 is 1.28 bits per heavy atom. The topological polar surface area (TPSA) is 75.6 Å². The highest BCUT2D eigenvalue weighted by Crippen LogP contribution is 2.21. The van der Waals surface area contributed by atoms with E-state index in [1.54, 1.807) is 0 Å². The highest BCUT2D eigenvalue weighted by atomic mass is 19.4. The van der Waals surface area contributed by atoms with E-state index in [1.807, 2.05) is 0 Å². The number of carbonyl (C=O) groups excluding carboxylic acids is 1. The molecule has 0 spiro atoms. The molecule has 0 aliphatic carbocycles. The number of nitrogens with one attached hydrogen (secondary N) is 1. The van der Waals surface area contributed by atoms with E-state index < -0.39 is 36.7 Å². The Morgan fingerprint density at radius 3 is 2.39 bits per heavy atom. The molecule has 2 N–H and O–H groups in total. The number of hydrogen-bond donors (Lipinski definition) is 2. The molecule has 104 valence electrons. The first-order chi connectivity index (χ1) is 8.29. The third-order valence-corrected chi connectivity index (χ3v) is 2.52. The minimum absolute atomic E-state index is 0.101. The second-order valence-corrected chi connectivity index (χ2v) is 4.04. The number of hydrogen-bond acceptors (Lipinski definition) is 3. The molecule has 2 atom stereocenters. The lowest BCUT2D eigenvalue weighted by atomic mass is 10.2. The molecule has 0 radical (unpaired) electrons. The van der Waals surface area contributed by atoms with Crippen molar-refractivity contribution in [3.8, 4) is 0 Å². The van der Waals surface area contributed by atoms with Crippen LogP contribution in [0.2, 0.25) is 0 Å². The minimum atomic E-state index is -4.23. The molecule has 0 aromatic heterocycles. The van der Waals surface area contributed by atoms with E-state index in [0.29, 0.717) is 0 Å². The second kappa shape index (κ2) is 6.03. The molecule has 1 fully saturated rings. The van der Waals surface area contributed by atoms with Crippen molar-refractivity contribution >= 4 is 11.9 Å². The Morgan fingerprint density at radius 2 is 1.89 bits per heavy atom. The molecular formula is C10H14F3NO4. The van der Waals surface area contributed by atoms with Crippen molar-refractivity contribution in [3.05, 3.63) is 0 Å². The third-order valence-electron chi connectivity index (χ3n) is 2.52. The van der Waals surface area contributed by atoms with E-state index in [1.165, 1.54) is 0 Å². The van der Waals surface area contributed by atoms with Crippen LogP contribution in [0.3, 0.4) is 0 Å². The van der Waals surface area contributed by atoms with Crippen LogP contribution in [0.15, 0.2) is 0 Å². The van der Waals surface area contributed by atoms with Crippen LogP contribution < -0.4 is 5.32 Å². The molecule has 5 nitrogen and oxygen atoms in total. The van der Waals surface area contributed by atoms with Gasteiger partial charge in [0.1, 0.15) is 6.10 Å². The monoisotopic (exact) mass is 269 g/mol. The van der Waals surface area contributed by atoms with Crippen molar-refractivity contribution in [2.24, 2.45) is 0 Å². The molecule has 1 aliphatic rings. The molecule has 0 aromatic carbocycles. The smallest absolute Gasteiger partial charge is 0.389 e. The summed E-state index contributed by atoms with van der Waals surface area (Å²) in [6.07, 6.45) is -6.78. The van der Waals surface area contributed by atoms with Gasteiger partial charge in [0.2, 0.25) is 5.91 Å². The second-order valence-electron chi connectivity index (χ2n) is 4.04. The zero-order chi connectivity index (χ0) is 13.8. The van der Waals surface area contributed by atoms with Crippen LogP contribution in [0.1, 0.15) is 25.7 Å². The Labute approximate surface area is 101 Å². The summed E-state index contributed by atoms with van der Waals surface area (Å²) in [6.45, 7) is -0.101. The van der Waals surface area contributed by atoms with Gasteiger partial charge in [-0.3, -0.25) is 4.79 Å². The fraction of sp³-hybridized carbons (Fsp3) is 0.800. The Bertz CT molecular complexity index is 319. The van der Waals surface area contributed by atoms with Gasteiger partial charge in [0, 0.05) is 13.0 Å². The van der Waals surface area contributed by atoms with E-state index >= 15 is 0 Å². The lowest BCUT2D eigenvalue weighted by Gasteiger charge is -2.12. The van der Waals surface area contributed by atoms with Crippen LogP contribution in [0.4, 0.5) is 13.2 Å². The van der Waals surface area contributed by atoms with Gasteiger partial charge in [0.15, 0.2) is 6.10 Å². The molecule has 1 rings (SSSR count). The van der Waals surface area contributed by atoms with E-state index in [9.17, 15) is 22.8 Å². The molecule has 1 aliphatic heterocycles. The van der Waals surface area contributed by atoms with Gasteiger partial charge in [-0.05, 0) is 19.3 Å². The molecule has 0 aromatic rings. The highest BCUT2D eigenvalue weighted by Gasteiger charge is 2.34. The number of ether oxygens (including phenoxy) is 1. The van der Waals surface area contributed by atoms with Crippen LogP contribution in [-0.2, 0) is 14.3 Å². The van der Waals surface area contributed by atoms with Crippen LogP contribution in [0, 0.1) is 0 Å². The highest BCUT2D eigenvalue weighted by molar-refractivity contribution is 5.82. The maximum atomic E-state index is 11.8. The van der Waals surface area contributed by atoms with Gasteiger partial charge in [0.25, 0.3) is 0 Å². The van der Waals surface area contributed by atoms with Crippen molar-refractivity contribution in [2.75, 3.05) is 6.54 Å². The number of carbonyl (C=O) groups is 2.